The van der Waals surface area contributed by atoms with Crippen LogP contribution in [0.5, 0.6) is 0 Å². The molecule has 0 heterocycles. The molecule has 0 spiro atoms. The first kappa shape index (κ1) is 17.4. The fraction of sp³-hybridized carbons (Fsp3) is 0.0714. The van der Waals surface area contributed by atoms with Crippen molar-refractivity contribution in [3.05, 3.63) is 108 Å². The SMILES string of the molecule is [B]c1ccc(N(C2=c3ccc4cccc5ccc(c3c54)CC2)c2ccccc2)cc1. The fourth-order valence-corrected chi connectivity index (χ4v) is 4.88. The van der Waals surface area contributed by atoms with E-state index in [2.05, 4.69) is 89.8 Å². The first-order valence-electron chi connectivity index (χ1n) is 10.5. The van der Waals surface area contributed by atoms with E-state index in [-0.39, 0.29) is 0 Å². The Bertz CT molecular complexity index is 1420. The lowest BCUT2D eigenvalue weighted by Gasteiger charge is -2.31. The zero-order valence-corrected chi connectivity index (χ0v) is 16.7. The van der Waals surface area contributed by atoms with Gasteiger partial charge in [-0.3, -0.25) is 0 Å². The van der Waals surface area contributed by atoms with Gasteiger partial charge in [-0.25, -0.2) is 0 Å². The molecule has 0 amide bonds. The van der Waals surface area contributed by atoms with E-state index in [1.807, 2.05) is 12.1 Å². The average molecular weight is 381 g/mol. The molecule has 1 aliphatic carbocycles. The third kappa shape index (κ3) is 2.64. The second-order valence-electron chi connectivity index (χ2n) is 8.00. The number of hydrogen-bond donors (Lipinski definition) is 0. The van der Waals surface area contributed by atoms with Gasteiger partial charge in [-0.15, -0.1) is 0 Å². The van der Waals surface area contributed by atoms with Crippen molar-refractivity contribution in [2.75, 3.05) is 4.90 Å². The molecule has 30 heavy (non-hydrogen) atoms. The summed E-state index contributed by atoms with van der Waals surface area (Å²) in [5, 5.41) is 6.75. The summed E-state index contributed by atoms with van der Waals surface area (Å²) in [4.78, 5) is 2.40. The molecule has 0 saturated heterocycles. The van der Waals surface area contributed by atoms with Crippen LogP contribution in [0.3, 0.4) is 0 Å². The lowest BCUT2D eigenvalue weighted by Crippen LogP contribution is -2.27. The smallest absolute Gasteiger partial charge is 0.113 e. The van der Waals surface area contributed by atoms with Crippen LogP contribution in [0.25, 0.3) is 27.2 Å². The molecule has 0 N–H and O–H groups in total. The van der Waals surface area contributed by atoms with E-state index in [0.717, 1.165) is 24.0 Å². The van der Waals surface area contributed by atoms with Gasteiger partial charge in [0.25, 0.3) is 0 Å². The fourth-order valence-electron chi connectivity index (χ4n) is 4.88. The molecule has 5 aromatic rings. The molecule has 0 aromatic heterocycles. The molecule has 2 heteroatoms. The number of hydrogen-bond acceptors (Lipinski definition) is 1. The van der Waals surface area contributed by atoms with Gasteiger partial charge in [0.1, 0.15) is 7.85 Å². The Morgan fingerprint density at radius 2 is 1.27 bits per heavy atom. The maximum atomic E-state index is 5.99. The Labute approximate surface area is 177 Å². The number of para-hydroxylation sites is 1. The highest BCUT2D eigenvalue weighted by atomic mass is 15.1. The Hall–Kier alpha value is -3.52. The van der Waals surface area contributed by atoms with E-state index >= 15 is 0 Å². The third-order valence-corrected chi connectivity index (χ3v) is 6.24. The van der Waals surface area contributed by atoms with Gasteiger partial charge in [-0.05, 0) is 64.2 Å². The van der Waals surface area contributed by atoms with Crippen molar-refractivity contribution in [2.24, 2.45) is 0 Å². The summed E-state index contributed by atoms with van der Waals surface area (Å²) in [6.07, 6.45) is 2.05. The summed E-state index contributed by atoms with van der Waals surface area (Å²) in [6.45, 7) is 0. The zero-order chi connectivity index (χ0) is 20.1. The second kappa shape index (κ2) is 6.78. The molecule has 140 valence electrons. The van der Waals surface area contributed by atoms with Gasteiger partial charge in [0, 0.05) is 22.3 Å². The van der Waals surface area contributed by atoms with Crippen molar-refractivity contribution in [3.8, 4) is 0 Å². The van der Waals surface area contributed by atoms with Crippen LogP contribution in [0.15, 0.2) is 97.1 Å². The summed E-state index contributed by atoms with van der Waals surface area (Å²) < 4.78 is 0. The molecule has 0 atom stereocenters. The first-order chi connectivity index (χ1) is 14.8. The van der Waals surface area contributed by atoms with E-state index in [1.165, 1.54) is 43.7 Å². The number of benzene rings is 5. The maximum Gasteiger partial charge on any atom is 0.113 e. The van der Waals surface area contributed by atoms with E-state index in [1.54, 1.807) is 0 Å². The van der Waals surface area contributed by atoms with Gasteiger partial charge in [0.2, 0.25) is 0 Å². The predicted molar refractivity (Wildman–Crippen MR) is 129 cm³/mol. The minimum atomic E-state index is 0.784. The van der Waals surface area contributed by atoms with Crippen molar-refractivity contribution >= 4 is 51.9 Å². The van der Waals surface area contributed by atoms with Crippen LogP contribution >= 0.6 is 0 Å². The highest BCUT2D eigenvalue weighted by Gasteiger charge is 2.21. The predicted octanol–water partition coefficient (Wildman–Crippen LogP) is 5.40. The highest BCUT2D eigenvalue weighted by molar-refractivity contribution is 6.32. The molecule has 0 unspecified atom stereocenters. The average Bonchev–Trinajstić information content (AvgIpc) is 2.80. The summed E-state index contributed by atoms with van der Waals surface area (Å²) in [7, 11) is 5.99. The molecule has 0 saturated carbocycles. The van der Waals surface area contributed by atoms with Crippen LogP contribution in [0.1, 0.15) is 12.0 Å². The van der Waals surface area contributed by atoms with Gasteiger partial charge < -0.3 is 4.90 Å². The van der Waals surface area contributed by atoms with Crippen molar-refractivity contribution in [1.82, 2.24) is 0 Å². The Balaban J connectivity index is 1.72. The maximum absolute atomic E-state index is 5.99. The quantitative estimate of drug-likeness (QED) is 0.379. The largest absolute Gasteiger partial charge is 0.314 e. The zero-order valence-electron chi connectivity index (χ0n) is 16.7. The Morgan fingerprint density at radius 1 is 0.567 bits per heavy atom. The van der Waals surface area contributed by atoms with Crippen LogP contribution in [0.4, 0.5) is 11.4 Å². The lowest BCUT2D eigenvalue weighted by atomic mass is 9.88. The molecule has 1 aliphatic rings. The summed E-state index contributed by atoms with van der Waals surface area (Å²) >= 11 is 0. The molecule has 5 aromatic carbocycles. The first-order valence-corrected chi connectivity index (χ1v) is 10.5. The van der Waals surface area contributed by atoms with Gasteiger partial charge in [-0.1, -0.05) is 78.3 Å². The monoisotopic (exact) mass is 381 g/mol. The van der Waals surface area contributed by atoms with E-state index < -0.39 is 0 Å². The van der Waals surface area contributed by atoms with Crippen molar-refractivity contribution in [1.29, 1.82) is 0 Å². The molecule has 0 bridgehead atoms. The molecule has 1 nitrogen and oxygen atoms in total. The van der Waals surface area contributed by atoms with Crippen molar-refractivity contribution in [2.45, 2.75) is 12.8 Å². The van der Waals surface area contributed by atoms with Crippen LogP contribution in [0.2, 0.25) is 0 Å². The standard InChI is InChI=1S/C28H20BN/c29-22-13-15-24(16-14-22)30(23-7-2-1-3-8-23)26-18-12-21-10-9-19-5-4-6-20-11-17-25(26)28(21)27(19)20/h1-11,13-17H,12,18H2. The number of rotatable bonds is 3. The normalized spacial score (nSPS) is 13.1. The highest BCUT2D eigenvalue weighted by Crippen LogP contribution is 2.36. The molecular weight excluding hydrogens is 361 g/mol. The van der Waals surface area contributed by atoms with Gasteiger partial charge >= 0.3 is 0 Å². The van der Waals surface area contributed by atoms with Gasteiger partial charge in [0.15, 0.2) is 0 Å². The van der Waals surface area contributed by atoms with Crippen molar-refractivity contribution < 1.29 is 0 Å². The molecule has 6 rings (SSSR count). The molecular formula is C28H20BN. The van der Waals surface area contributed by atoms with E-state index in [9.17, 15) is 0 Å². The summed E-state index contributed by atoms with van der Waals surface area (Å²) in [6, 6.07) is 34.6. The van der Waals surface area contributed by atoms with Gasteiger partial charge in [0.05, 0.1) is 0 Å². The number of nitrogens with zero attached hydrogens (tertiary/aromatic N) is 1. The Morgan fingerprint density at radius 3 is 2.03 bits per heavy atom. The number of aryl methyl sites for hydroxylation is 1. The minimum absolute atomic E-state index is 0.784. The number of anilines is 2. The van der Waals surface area contributed by atoms with Crippen molar-refractivity contribution in [3.63, 3.8) is 0 Å². The third-order valence-electron chi connectivity index (χ3n) is 6.24. The molecule has 2 radical (unpaired) electrons. The van der Waals surface area contributed by atoms with Gasteiger partial charge in [-0.2, -0.15) is 0 Å². The summed E-state index contributed by atoms with van der Waals surface area (Å²) in [5.74, 6) is 0. The Kier molecular flexibility index (Phi) is 3.92. The molecule has 0 aliphatic heterocycles. The molecule has 0 fully saturated rings. The van der Waals surface area contributed by atoms with Crippen LogP contribution < -0.4 is 15.6 Å². The van der Waals surface area contributed by atoms with Crippen LogP contribution in [-0.2, 0) is 6.42 Å². The van der Waals surface area contributed by atoms with E-state index in [4.69, 9.17) is 7.85 Å². The van der Waals surface area contributed by atoms with E-state index in [0.29, 0.717) is 0 Å². The lowest BCUT2D eigenvalue weighted by molar-refractivity contribution is 0.974. The van der Waals surface area contributed by atoms with Crippen LogP contribution in [0, 0.1) is 0 Å². The summed E-state index contributed by atoms with van der Waals surface area (Å²) in [5.41, 5.74) is 5.89. The van der Waals surface area contributed by atoms with Crippen LogP contribution in [-0.4, -0.2) is 7.85 Å². The minimum Gasteiger partial charge on any atom is -0.314 e. The second-order valence-corrected chi connectivity index (χ2v) is 8.00. The topological polar surface area (TPSA) is 3.24 Å².